The molecular formula is C20H23ClFN3O3. The highest BCUT2D eigenvalue weighted by atomic mass is 35.5. The van der Waals surface area contributed by atoms with Gasteiger partial charge < -0.3 is 20.8 Å². The van der Waals surface area contributed by atoms with Gasteiger partial charge in [0.25, 0.3) is 5.91 Å². The van der Waals surface area contributed by atoms with Crippen molar-refractivity contribution in [2.45, 2.75) is 50.9 Å². The van der Waals surface area contributed by atoms with Gasteiger partial charge in [0.15, 0.2) is 0 Å². The van der Waals surface area contributed by atoms with Crippen molar-refractivity contribution in [3.8, 4) is 0 Å². The van der Waals surface area contributed by atoms with E-state index in [9.17, 15) is 19.4 Å². The molecule has 6 nitrogen and oxygen atoms in total. The molecule has 0 aliphatic heterocycles. The van der Waals surface area contributed by atoms with Gasteiger partial charge in [-0.25, -0.2) is 9.37 Å². The van der Waals surface area contributed by atoms with Crippen molar-refractivity contribution in [1.82, 2.24) is 10.3 Å². The molecule has 3 rings (SSSR count). The third-order valence-corrected chi connectivity index (χ3v) is 5.17. The molecule has 0 spiro atoms. The largest absolute Gasteiger partial charge is 0.390 e. The molecule has 1 saturated carbocycles. The smallest absolute Gasteiger partial charge is 0.253 e. The fourth-order valence-electron chi connectivity index (χ4n) is 3.30. The third-order valence-electron chi connectivity index (χ3n) is 4.96. The normalized spacial score (nSPS) is 22.0. The Kier molecular flexibility index (Phi) is 6.49. The van der Waals surface area contributed by atoms with E-state index in [0.29, 0.717) is 25.7 Å². The van der Waals surface area contributed by atoms with Gasteiger partial charge in [0.1, 0.15) is 11.0 Å². The minimum atomic E-state index is -1.04. The molecule has 1 amide bonds. The van der Waals surface area contributed by atoms with Crippen molar-refractivity contribution >= 4 is 28.9 Å². The first-order valence-corrected chi connectivity index (χ1v) is 9.64. The standard InChI is InChI=1S/C20H23ClFN3O3/c1-2-11-6-7-14(13(22)8-11)24-16-10-23-18(21)9-12(16)20(28)25-15-4-3-5-17(26)19(15)27/h6-10,15,17,19,24,26-27H,2-5H2,1H3,(H,25,28). The summed E-state index contributed by atoms with van der Waals surface area (Å²) in [6.07, 6.45) is 1.90. The van der Waals surface area contributed by atoms with E-state index >= 15 is 0 Å². The molecule has 150 valence electrons. The second-order valence-electron chi connectivity index (χ2n) is 6.91. The predicted octanol–water partition coefficient (Wildman–Crippen LogP) is 3.18. The van der Waals surface area contributed by atoms with E-state index in [4.69, 9.17) is 11.6 Å². The molecule has 1 fully saturated rings. The molecule has 0 bridgehead atoms. The lowest BCUT2D eigenvalue weighted by atomic mass is 9.90. The van der Waals surface area contributed by atoms with Gasteiger partial charge in [0.2, 0.25) is 0 Å². The molecule has 1 aromatic carbocycles. The number of aryl methyl sites for hydroxylation is 1. The molecule has 3 atom stereocenters. The summed E-state index contributed by atoms with van der Waals surface area (Å²) in [5, 5.41) is 25.7. The number of hydrogen-bond acceptors (Lipinski definition) is 5. The summed E-state index contributed by atoms with van der Waals surface area (Å²) in [6.45, 7) is 1.93. The molecule has 4 N–H and O–H groups in total. The monoisotopic (exact) mass is 407 g/mol. The van der Waals surface area contributed by atoms with Crippen LogP contribution in [0.3, 0.4) is 0 Å². The van der Waals surface area contributed by atoms with Crippen LogP contribution in [0.1, 0.15) is 42.1 Å². The number of carbonyl (C=O) groups is 1. The molecule has 2 aromatic rings. The second-order valence-corrected chi connectivity index (χ2v) is 7.30. The number of carbonyl (C=O) groups excluding carboxylic acids is 1. The molecule has 1 aliphatic rings. The number of amides is 1. The van der Waals surface area contributed by atoms with Crippen molar-refractivity contribution in [2.75, 3.05) is 5.32 Å². The molecule has 8 heteroatoms. The maximum absolute atomic E-state index is 14.3. The number of hydrogen-bond donors (Lipinski definition) is 4. The zero-order chi connectivity index (χ0) is 20.3. The second kappa shape index (κ2) is 8.86. The number of benzene rings is 1. The number of aliphatic hydroxyl groups excluding tert-OH is 2. The van der Waals surface area contributed by atoms with Crippen LogP contribution < -0.4 is 10.6 Å². The fourth-order valence-corrected chi connectivity index (χ4v) is 3.46. The molecule has 0 radical (unpaired) electrons. The van der Waals surface area contributed by atoms with Crippen LogP contribution in [0.4, 0.5) is 15.8 Å². The van der Waals surface area contributed by atoms with Gasteiger partial charge in [0, 0.05) is 0 Å². The molecular weight excluding hydrogens is 385 g/mol. The van der Waals surface area contributed by atoms with Gasteiger partial charge in [0.05, 0.1) is 41.4 Å². The Morgan fingerprint density at radius 2 is 2.07 bits per heavy atom. The van der Waals surface area contributed by atoms with Gasteiger partial charge in [-0.3, -0.25) is 4.79 Å². The van der Waals surface area contributed by atoms with Crippen molar-refractivity contribution in [3.05, 3.63) is 52.6 Å². The van der Waals surface area contributed by atoms with E-state index in [0.717, 1.165) is 5.56 Å². The summed E-state index contributed by atoms with van der Waals surface area (Å²) in [5.41, 5.74) is 1.53. The quantitative estimate of drug-likeness (QED) is 0.571. The predicted molar refractivity (Wildman–Crippen MR) is 105 cm³/mol. The fraction of sp³-hybridized carbons (Fsp3) is 0.400. The average Bonchev–Trinajstić information content (AvgIpc) is 2.68. The van der Waals surface area contributed by atoms with Crippen LogP contribution in [0.2, 0.25) is 5.15 Å². The molecule has 1 heterocycles. The summed E-state index contributed by atoms with van der Waals surface area (Å²) in [7, 11) is 0. The Labute approximate surface area is 167 Å². The van der Waals surface area contributed by atoms with E-state index in [2.05, 4.69) is 15.6 Å². The highest BCUT2D eigenvalue weighted by Gasteiger charge is 2.32. The van der Waals surface area contributed by atoms with E-state index in [1.807, 2.05) is 6.92 Å². The summed E-state index contributed by atoms with van der Waals surface area (Å²) in [4.78, 5) is 16.8. The summed E-state index contributed by atoms with van der Waals surface area (Å²) < 4.78 is 14.3. The molecule has 3 unspecified atom stereocenters. The third kappa shape index (κ3) is 4.60. The Morgan fingerprint density at radius 1 is 1.29 bits per heavy atom. The minimum absolute atomic E-state index is 0.113. The van der Waals surface area contributed by atoms with E-state index in [1.54, 1.807) is 12.1 Å². The summed E-state index contributed by atoms with van der Waals surface area (Å²) in [6, 6.07) is 5.64. The highest BCUT2D eigenvalue weighted by Crippen LogP contribution is 2.26. The lowest BCUT2D eigenvalue weighted by Crippen LogP contribution is -2.51. The van der Waals surface area contributed by atoms with Gasteiger partial charge in [-0.05, 0) is 49.4 Å². The molecule has 1 aromatic heterocycles. The Bertz CT molecular complexity index is 865. The molecule has 0 saturated heterocycles. The molecule has 28 heavy (non-hydrogen) atoms. The highest BCUT2D eigenvalue weighted by molar-refractivity contribution is 6.30. The lowest BCUT2D eigenvalue weighted by Gasteiger charge is -2.32. The number of aromatic nitrogens is 1. The zero-order valence-corrected chi connectivity index (χ0v) is 16.2. The van der Waals surface area contributed by atoms with Crippen LogP contribution in [0.15, 0.2) is 30.5 Å². The number of anilines is 2. The summed E-state index contributed by atoms with van der Waals surface area (Å²) >= 11 is 5.95. The SMILES string of the molecule is CCc1ccc(Nc2cnc(Cl)cc2C(=O)NC2CCCC(O)C2O)c(F)c1. The lowest BCUT2D eigenvalue weighted by molar-refractivity contribution is -0.0277. The number of halogens is 2. The Balaban J connectivity index is 1.83. The summed E-state index contributed by atoms with van der Waals surface area (Å²) in [5.74, 6) is -0.929. The maximum Gasteiger partial charge on any atom is 0.253 e. The average molecular weight is 408 g/mol. The first kappa shape index (κ1) is 20.5. The van der Waals surface area contributed by atoms with Crippen LogP contribution in [0.5, 0.6) is 0 Å². The van der Waals surface area contributed by atoms with Crippen molar-refractivity contribution in [2.24, 2.45) is 0 Å². The van der Waals surface area contributed by atoms with E-state index in [1.165, 1.54) is 18.3 Å². The first-order valence-electron chi connectivity index (χ1n) is 9.27. The number of nitrogens with one attached hydrogen (secondary N) is 2. The van der Waals surface area contributed by atoms with Gasteiger partial charge in [-0.1, -0.05) is 24.6 Å². The van der Waals surface area contributed by atoms with E-state index in [-0.39, 0.29) is 22.1 Å². The topological polar surface area (TPSA) is 94.5 Å². The van der Waals surface area contributed by atoms with Crippen LogP contribution in [0.25, 0.3) is 0 Å². The Morgan fingerprint density at radius 3 is 2.79 bits per heavy atom. The van der Waals surface area contributed by atoms with Crippen molar-refractivity contribution in [3.63, 3.8) is 0 Å². The first-order chi connectivity index (χ1) is 13.4. The van der Waals surface area contributed by atoms with Crippen LogP contribution >= 0.6 is 11.6 Å². The maximum atomic E-state index is 14.3. The van der Waals surface area contributed by atoms with Crippen LogP contribution in [-0.4, -0.2) is 39.4 Å². The number of aliphatic hydroxyl groups is 2. The number of rotatable bonds is 5. The van der Waals surface area contributed by atoms with Crippen LogP contribution in [0, 0.1) is 5.82 Å². The minimum Gasteiger partial charge on any atom is -0.390 e. The Hall–Kier alpha value is -2.22. The number of nitrogens with zero attached hydrogens (tertiary/aromatic N) is 1. The van der Waals surface area contributed by atoms with Crippen LogP contribution in [-0.2, 0) is 6.42 Å². The van der Waals surface area contributed by atoms with Gasteiger partial charge in [-0.2, -0.15) is 0 Å². The zero-order valence-electron chi connectivity index (χ0n) is 15.5. The van der Waals surface area contributed by atoms with Gasteiger partial charge in [-0.15, -0.1) is 0 Å². The van der Waals surface area contributed by atoms with Gasteiger partial charge >= 0.3 is 0 Å². The van der Waals surface area contributed by atoms with Crippen molar-refractivity contribution in [1.29, 1.82) is 0 Å². The van der Waals surface area contributed by atoms with E-state index < -0.39 is 30.0 Å². The molecule has 1 aliphatic carbocycles. The number of pyridine rings is 1. The van der Waals surface area contributed by atoms with Crippen molar-refractivity contribution < 1.29 is 19.4 Å².